The van der Waals surface area contributed by atoms with Crippen LogP contribution < -0.4 is 15.4 Å². The minimum atomic E-state index is 0. The van der Waals surface area contributed by atoms with Crippen molar-refractivity contribution < 1.29 is 4.74 Å². The van der Waals surface area contributed by atoms with Crippen LogP contribution in [0.3, 0.4) is 0 Å². The van der Waals surface area contributed by atoms with Crippen molar-refractivity contribution in [2.24, 2.45) is 4.99 Å². The summed E-state index contributed by atoms with van der Waals surface area (Å²) in [6.45, 7) is 15.9. The van der Waals surface area contributed by atoms with Crippen LogP contribution >= 0.6 is 24.0 Å². The van der Waals surface area contributed by atoms with Crippen LogP contribution in [-0.4, -0.2) is 75.2 Å². The van der Waals surface area contributed by atoms with E-state index in [0.717, 1.165) is 30.2 Å². The highest BCUT2D eigenvalue weighted by atomic mass is 127. The number of piperazine rings is 1. The van der Waals surface area contributed by atoms with Crippen LogP contribution in [0.2, 0.25) is 0 Å². The number of rotatable bonds is 10. The predicted octanol–water partition coefficient (Wildman–Crippen LogP) is 3.09. The number of likely N-dealkylation sites (N-methyl/N-ethyl adjacent to an activating group) is 1. The van der Waals surface area contributed by atoms with E-state index in [1.165, 1.54) is 51.3 Å². The maximum absolute atomic E-state index is 5.76. The quantitative estimate of drug-likeness (QED) is 0.216. The first kappa shape index (κ1) is 26.0. The summed E-state index contributed by atoms with van der Waals surface area (Å²) in [4.78, 5) is 9.45. The number of aliphatic imine (C=N–C) groups is 1. The number of nitrogens with zero attached hydrogens (tertiary/aromatic N) is 3. The first-order chi connectivity index (χ1) is 13.7. The fourth-order valence-electron chi connectivity index (χ4n) is 3.49. The molecule has 1 aliphatic rings. The van der Waals surface area contributed by atoms with Crippen molar-refractivity contribution in [3.63, 3.8) is 0 Å². The lowest BCUT2D eigenvalue weighted by molar-refractivity contribution is 0.136. The second kappa shape index (κ2) is 14.8. The van der Waals surface area contributed by atoms with Crippen LogP contribution in [0, 0.1) is 6.92 Å². The first-order valence-corrected chi connectivity index (χ1v) is 10.8. The molecule has 0 aromatic heterocycles. The second-order valence-electron chi connectivity index (χ2n) is 7.38. The average molecular weight is 518 g/mol. The molecule has 1 aromatic rings. The molecule has 0 spiro atoms. The van der Waals surface area contributed by atoms with Crippen molar-refractivity contribution in [1.82, 2.24) is 20.4 Å². The average Bonchev–Trinajstić information content (AvgIpc) is 2.72. The summed E-state index contributed by atoms with van der Waals surface area (Å²) >= 11 is 0. The van der Waals surface area contributed by atoms with Crippen molar-refractivity contribution >= 4 is 29.9 Å². The van der Waals surface area contributed by atoms with Gasteiger partial charge in [0.2, 0.25) is 0 Å². The molecule has 0 saturated carbocycles. The number of nitrogens with one attached hydrogen (secondary N) is 2. The summed E-state index contributed by atoms with van der Waals surface area (Å²) in [7, 11) is 1.82. The monoisotopic (exact) mass is 517 g/mol. The molecule has 0 radical (unpaired) electrons. The normalized spacial score (nSPS) is 15.7. The Labute approximate surface area is 194 Å². The molecule has 1 aromatic carbocycles. The highest BCUT2D eigenvalue weighted by Crippen LogP contribution is 2.20. The maximum atomic E-state index is 5.76. The standard InChI is InChI=1S/C22H39N5O.HI/c1-5-26-13-15-27(16-14-26)12-8-7-11-24-22(23-4)25-18-20-10-9-19(3)17-21(20)28-6-2;/h9-10,17H,5-8,11-16,18H2,1-4H3,(H2,23,24,25);1H. The zero-order chi connectivity index (χ0) is 20.2. The van der Waals surface area contributed by atoms with E-state index >= 15 is 0 Å². The van der Waals surface area contributed by atoms with Gasteiger partial charge >= 0.3 is 0 Å². The Bertz CT molecular complexity index is 603. The van der Waals surface area contributed by atoms with Crippen LogP contribution in [0.1, 0.15) is 37.8 Å². The number of benzene rings is 1. The van der Waals surface area contributed by atoms with Gasteiger partial charge in [-0.3, -0.25) is 4.99 Å². The number of halogens is 1. The molecule has 0 amide bonds. The zero-order valence-electron chi connectivity index (χ0n) is 18.7. The minimum Gasteiger partial charge on any atom is -0.494 e. The molecule has 0 aliphatic carbocycles. The number of aryl methyl sites for hydroxylation is 1. The lowest BCUT2D eigenvalue weighted by Gasteiger charge is -2.34. The van der Waals surface area contributed by atoms with Gasteiger partial charge in [-0.1, -0.05) is 19.1 Å². The van der Waals surface area contributed by atoms with Gasteiger partial charge in [-0.15, -0.1) is 24.0 Å². The molecule has 2 rings (SSSR count). The third kappa shape index (κ3) is 9.53. The van der Waals surface area contributed by atoms with Crippen LogP contribution in [0.4, 0.5) is 0 Å². The maximum Gasteiger partial charge on any atom is 0.191 e. The Kier molecular flexibility index (Phi) is 13.3. The van der Waals surface area contributed by atoms with E-state index in [9.17, 15) is 0 Å². The van der Waals surface area contributed by atoms with E-state index in [0.29, 0.717) is 13.2 Å². The summed E-state index contributed by atoms with van der Waals surface area (Å²) in [6, 6.07) is 6.34. The Balaban J connectivity index is 0.00000420. The van der Waals surface area contributed by atoms with Gasteiger partial charge in [0.15, 0.2) is 5.96 Å². The van der Waals surface area contributed by atoms with E-state index in [1.54, 1.807) is 0 Å². The predicted molar refractivity (Wildman–Crippen MR) is 134 cm³/mol. The van der Waals surface area contributed by atoms with E-state index in [1.807, 2.05) is 14.0 Å². The highest BCUT2D eigenvalue weighted by molar-refractivity contribution is 14.0. The summed E-state index contributed by atoms with van der Waals surface area (Å²) < 4.78 is 5.76. The number of hydrogen-bond acceptors (Lipinski definition) is 4. The highest BCUT2D eigenvalue weighted by Gasteiger charge is 2.14. The smallest absolute Gasteiger partial charge is 0.191 e. The van der Waals surface area contributed by atoms with Gasteiger partial charge in [0, 0.05) is 51.9 Å². The molecular formula is C22H40IN5O. The fourth-order valence-corrected chi connectivity index (χ4v) is 3.49. The Hall–Kier alpha value is -1.06. The first-order valence-electron chi connectivity index (χ1n) is 10.8. The Morgan fingerprint density at radius 1 is 1.07 bits per heavy atom. The number of unbranched alkanes of at least 4 members (excludes halogenated alkanes) is 1. The SMILES string of the molecule is CCOc1cc(C)ccc1CNC(=NC)NCCCCN1CCN(CC)CC1.I. The molecule has 1 aliphatic heterocycles. The molecule has 0 bridgehead atoms. The van der Waals surface area contributed by atoms with E-state index < -0.39 is 0 Å². The van der Waals surface area contributed by atoms with Crippen molar-refractivity contribution in [3.8, 4) is 5.75 Å². The number of hydrogen-bond donors (Lipinski definition) is 2. The van der Waals surface area contributed by atoms with Gasteiger partial charge < -0.3 is 25.2 Å². The Morgan fingerprint density at radius 3 is 2.45 bits per heavy atom. The van der Waals surface area contributed by atoms with Crippen molar-refractivity contribution in [1.29, 1.82) is 0 Å². The van der Waals surface area contributed by atoms with Crippen LogP contribution in [0.15, 0.2) is 23.2 Å². The van der Waals surface area contributed by atoms with Crippen LogP contribution in [-0.2, 0) is 6.54 Å². The lowest BCUT2D eigenvalue weighted by atomic mass is 10.1. The molecule has 1 saturated heterocycles. The molecule has 2 N–H and O–H groups in total. The van der Waals surface area contributed by atoms with Crippen LogP contribution in [0.5, 0.6) is 5.75 Å². The Morgan fingerprint density at radius 2 is 1.79 bits per heavy atom. The lowest BCUT2D eigenvalue weighted by Crippen LogP contribution is -2.46. The van der Waals surface area contributed by atoms with Gasteiger partial charge in [0.25, 0.3) is 0 Å². The summed E-state index contributed by atoms with van der Waals surface area (Å²) in [5.74, 6) is 1.80. The van der Waals surface area contributed by atoms with Gasteiger partial charge in [0.1, 0.15) is 5.75 Å². The van der Waals surface area contributed by atoms with Crippen LogP contribution in [0.25, 0.3) is 0 Å². The van der Waals surface area contributed by atoms with E-state index in [-0.39, 0.29) is 24.0 Å². The molecular weight excluding hydrogens is 477 g/mol. The topological polar surface area (TPSA) is 52.1 Å². The van der Waals surface area contributed by atoms with Gasteiger partial charge in [-0.05, 0) is 51.4 Å². The van der Waals surface area contributed by atoms with Crippen molar-refractivity contribution in [2.45, 2.75) is 40.2 Å². The summed E-state index contributed by atoms with van der Waals surface area (Å²) in [5.41, 5.74) is 2.37. The minimum absolute atomic E-state index is 0. The van der Waals surface area contributed by atoms with Crippen molar-refractivity contribution in [3.05, 3.63) is 29.3 Å². The molecule has 0 unspecified atom stereocenters. The molecule has 6 nitrogen and oxygen atoms in total. The second-order valence-corrected chi connectivity index (χ2v) is 7.38. The third-order valence-electron chi connectivity index (χ3n) is 5.30. The summed E-state index contributed by atoms with van der Waals surface area (Å²) in [5, 5.41) is 6.83. The molecule has 1 fully saturated rings. The van der Waals surface area contributed by atoms with E-state index in [4.69, 9.17) is 4.74 Å². The summed E-state index contributed by atoms with van der Waals surface area (Å²) in [6.07, 6.45) is 2.38. The molecule has 1 heterocycles. The number of ether oxygens (including phenoxy) is 1. The molecule has 29 heavy (non-hydrogen) atoms. The zero-order valence-corrected chi connectivity index (χ0v) is 21.0. The molecule has 0 atom stereocenters. The van der Waals surface area contributed by atoms with Gasteiger partial charge in [0.05, 0.1) is 6.61 Å². The van der Waals surface area contributed by atoms with Crippen molar-refractivity contribution in [2.75, 3.05) is 59.5 Å². The number of guanidine groups is 1. The fraction of sp³-hybridized carbons (Fsp3) is 0.682. The van der Waals surface area contributed by atoms with Gasteiger partial charge in [-0.25, -0.2) is 0 Å². The molecule has 166 valence electrons. The third-order valence-corrected chi connectivity index (χ3v) is 5.30. The van der Waals surface area contributed by atoms with E-state index in [2.05, 4.69) is 57.5 Å². The van der Waals surface area contributed by atoms with Gasteiger partial charge in [-0.2, -0.15) is 0 Å². The molecule has 7 heteroatoms. The largest absolute Gasteiger partial charge is 0.494 e.